The third-order valence-electron chi connectivity index (χ3n) is 11.8. The molecule has 1 N–H and O–H groups in total. The van der Waals surface area contributed by atoms with Crippen molar-refractivity contribution in [2.45, 2.75) is 28.8 Å². The molecule has 54 heavy (non-hydrogen) atoms. The van der Waals surface area contributed by atoms with Crippen molar-refractivity contribution in [3.63, 3.8) is 0 Å². The Kier molecular flexibility index (Phi) is 7.84. The number of fused-ring (bicyclic) bond motifs is 4. The highest BCUT2D eigenvalue weighted by Crippen LogP contribution is 2.67. The quantitative estimate of drug-likeness (QED) is 0.200. The van der Waals surface area contributed by atoms with Gasteiger partial charge >= 0.3 is 0 Å². The highest BCUT2D eigenvalue weighted by molar-refractivity contribution is 8.16. The first-order valence-electron chi connectivity index (χ1n) is 18.6. The number of hydrogen-bond acceptors (Lipinski definition) is 6. The Balaban J connectivity index is 1.20. The molecule has 5 aliphatic heterocycles. The van der Waals surface area contributed by atoms with Gasteiger partial charge in [-0.2, -0.15) is 0 Å². The Labute approximate surface area is 319 Å². The minimum Gasteiger partial charge on any atom is -0.324 e. The molecular weight excluding hydrogens is 687 g/mol. The first kappa shape index (κ1) is 33.1. The first-order chi connectivity index (χ1) is 26.5. The fourth-order valence-corrected chi connectivity index (χ4v) is 11.4. The SMILES string of the molecule is CN1C[C@@H](c2ccccc2)[C@@]2(SC3=NC4=C(CN(Cc5ccccc5)C/C4=C\c4ccccc4)[C@@H](c4ccccc4)N3C2=O)[C@@]12C(=O)Nc1ccccc12. The predicted molar refractivity (Wildman–Crippen MR) is 216 cm³/mol. The first-order valence-corrected chi connectivity index (χ1v) is 19.4. The molecule has 0 aromatic heterocycles. The summed E-state index contributed by atoms with van der Waals surface area (Å²) in [5.41, 5.74) is 7.86. The second kappa shape index (κ2) is 12.8. The Morgan fingerprint density at radius 2 is 1.41 bits per heavy atom. The molecule has 0 radical (unpaired) electrons. The van der Waals surface area contributed by atoms with Gasteiger partial charge in [0.25, 0.3) is 5.91 Å². The van der Waals surface area contributed by atoms with Gasteiger partial charge < -0.3 is 5.32 Å². The minimum absolute atomic E-state index is 0.0783. The van der Waals surface area contributed by atoms with E-state index in [-0.39, 0.29) is 17.7 Å². The number of hydrogen-bond donors (Lipinski definition) is 1. The molecule has 2 saturated heterocycles. The minimum atomic E-state index is -1.27. The molecule has 266 valence electrons. The second-order valence-electron chi connectivity index (χ2n) is 14.9. The van der Waals surface area contributed by atoms with E-state index in [1.165, 1.54) is 17.3 Å². The van der Waals surface area contributed by atoms with Crippen LogP contribution in [-0.2, 0) is 21.7 Å². The lowest BCUT2D eigenvalue weighted by atomic mass is 9.71. The Morgan fingerprint density at radius 1 is 0.778 bits per heavy atom. The fraction of sp³-hybridized carbons (Fsp3) is 0.196. The van der Waals surface area contributed by atoms with Crippen molar-refractivity contribution in [1.29, 1.82) is 0 Å². The molecule has 5 aromatic rings. The van der Waals surface area contributed by atoms with Crippen LogP contribution >= 0.6 is 11.8 Å². The second-order valence-corrected chi connectivity index (χ2v) is 16.1. The van der Waals surface area contributed by atoms with E-state index < -0.39 is 16.3 Å². The number of carbonyl (C=O) groups is 2. The van der Waals surface area contributed by atoms with Crippen LogP contribution in [0.15, 0.2) is 167 Å². The highest BCUT2D eigenvalue weighted by atomic mass is 32.2. The van der Waals surface area contributed by atoms with Crippen molar-refractivity contribution in [2.24, 2.45) is 4.99 Å². The number of anilines is 1. The van der Waals surface area contributed by atoms with E-state index in [0.717, 1.165) is 51.3 Å². The summed E-state index contributed by atoms with van der Waals surface area (Å²) in [7, 11) is 2.00. The Morgan fingerprint density at radius 3 is 2.13 bits per heavy atom. The lowest BCUT2D eigenvalue weighted by Crippen LogP contribution is -2.62. The molecule has 2 spiro atoms. The van der Waals surface area contributed by atoms with Crippen LogP contribution in [0.4, 0.5) is 5.69 Å². The lowest BCUT2D eigenvalue weighted by Gasteiger charge is -2.43. The lowest BCUT2D eigenvalue weighted by molar-refractivity contribution is -0.139. The third-order valence-corrected chi connectivity index (χ3v) is 13.4. The molecule has 2 fully saturated rings. The molecular formula is C46H39N5O2S. The number of likely N-dealkylation sites (N-methyl/N-ethyl adjacent to an activating group) is 1. The van der Waals surface area contributed by atoms with Gasteiger partial charge in [0.1, 0.15) is 4.75 Å². The molecule has 2 amide bonds. The topological polar surface area (TPSA) is 68.2 Å². The van der Waals surface area contributed by atoms with Crippen molar-refractivity contribution in [3.8, 4) is 0 Å². The largest absolute Gasteiger partial charge is 0.324 e. The van der Waals surface area contributed by atoms with Gasteiger partial charge in [-0.05, 0) is 52.6 Å². The zero-order valence-electron chi connectivity index (χ0n) is 29.9. The summed E-state index contributed by atoms with van der Waals surface area (Å²) in [4.78, 5) is 43.1. The number of rotatable bonds is 5. The van der Waals surface area contributed by atoms with E-state index in [4.69, 9.17) is 4.99 Å². The summed E-state index contributed by atoms with van der Waals surface area (Å²) in [5, 5.41) is 3.86. The molecule has 5 aromatic carbocycles. The highest BCUT2D eigenvalue weighted by Gasteiger charge is 2.78. The fourth-order valence-electron chi connectivity index (χ4n) is 9.65. The van der Waals surface area contributed by atoms with Crippen LogP contribution in [-0.4, -0.2) is 63.1 Å². The number of amidine groups is 1. The maximum atomic E-state index is 16.2. The standard InChI is InChI=1S/C46H39N5O2S/c1-49-30-38(33-20-10-4-11-21-33)46(45(49)37-24-14-15-25-39(37)47-42(45)52)43(53)51-41(34-22-12-5-13-23-34)36-29-50(27-32-18-8-3-9-19-32)28-35(40(36)48-44(51)54-46)26-31-16-6-2-7-17-31/h2-26,38,41H,27-30H2,1H3,(H,47,52)/b35-26+/t38-,41+,45+,46-/m0/s1. The summed E-state index contributed by atoms with van der Waals surface area (Å²) >= 11 is 1.50. The van der Waals surface area contributed by atoms with E-state index in [1.54, 1.807) is 0 Å². The van der Waals surface area contributed by atoms with E-state index in [0.29, 0.717) is 24.8 Å². The molecule has 0 aliphatic carbocycles. The van der Waals surface area contributed by atoms with Crippen LogP contribution in [0.2, 0.25) is 0 Å². The van der Waals surface area contributed by atoms with Crippen LogP contribution in [0, 0.1) is 0 Å². The summed E-state index contributed by atoms with van der Waals surface area (Å²) in [6, 6.07) is 49.1. The average Bonchev–Trinajstić information content (AvgIpc) is 3.78. The number of para-hydroxylation sites is 1. The smallest absolute Gasteiger partial charge is 0.251 e. The van der Waals surface area contributed by atoms with Gasteiger partial charge in [0, 0.05) is 43.3 Å². The molecule has 5 heterocycles. The van der Waals surface area contributed by atoms with Gasteiger partial charge in [0.15, 0.2) is 10.7 Å². The van der Waals surface area contributed by atoms with Crippen molar-refractivity contribution >= 4 is 40.5 Å². The van der Waals surface area contributed by atoms with E-state index in [2.05, 4.69) is 100 Å². The molecule has 0 saturated carbocycles. The molecule has 7 nitrogen and oxygen atoms in total. The summed E-state index contributed by atoms with van der Waals surface area (Å²) in [5.74, 6) is -0.544. The van der Waals surface area contributed by atoms with Crippen molar-refractivity contribution in [2.75, 3.05) is 32.0 Å². The van der Waals surface area contributed by atoms with Crippen LogP contribution in [0.1, 0.15) is 39.8 Å². The number of nitrogens with zero attached hydrogens (tertiary/aromatic N) is 4. The van der Waals surface area contributed by atoms with E-state index >= 15 is 4.79 Å². The normalized spacial score (nSPS) is 27.0. The molecule has 0 unspecified atom stereocenters. The summed E-state index contributed by atoms with van der Waals surface area (Å²) < 4.78 is -1.24. The van der Waals surface area contributed by atoms with Gasteiger partial charge in [-0.15, -0.1) is 0 Å². The van der Waals surface area contributed by atoms with Crippen LogP contribution in [0.5, 0.6) is 0 Å². The van der Waals surface area contributed by atoms with E-state index in [1.807, 2.05) is 78.7 Å². The van der Waals surface area contributed by atoms with Crippen LogP contribution in [0.3, 0.4) is 0 Å². The van der Waals surface area contributed by atoms with Gasteiger partial charge in [-0.25, -0.2) is 4.99 Å². The van der Waals surface area contributed by atoms with Crippen molar-refractivity contribution < 1.29 is 9.59 Å². The van der Waals surface area contributed by atoms with Gasteiger partial charge in [-0.3, -0.25) is 24.3 Å². The van der Waals surface area contributed by atoms with E-state index in [9.17, 15) is 4.79 Å². The maximum Gasteiger partial charge on any atom is 0.251 e. The zero-order valence-corrected chi connectivity index (χ0v) is 30.7. The maximum absolute atomic E-state index is 16.2. The number of likely N-dealkylation sites (tertiary alicyclic amines) is 1. The number of aliphatic imine (C=N–C) groups is 1. The number of nitrogens with one attached hydrogen (secondary N) is 1. The number of amides is 2. The average molecular weight is 726 g/mol. The molecule has 0 bridgehead atoms. The molecule has 4 atom stereocenters. The Hall–Kier alpha value is -5.54. The third kappa shape index (κ3) is 4.80. The monoisotopic (exact) mass is 725 g/mol. The number of thioether (sulfide) groups is 1. The van der Waals surface area contributed by atoms with Gasteiger partial charge in [-0.1, -0.05) is 151 Å². The van der Waals surface area contributed by atoms with Crippen molar-refractivity contribution in [1.82, 2.24) is 14.7 Å². The summed E-state index contributed by atoms with van der Waals surface area (Å²) in [6.45, 7) is 2.64. The molecule has 5 aliphatic rings. The van der Waals surface area contributed by atoms with Gasteiger partial charge in [0.05, 0.1) is 11.7 Å². The van der Waals surface area contributed by atoms with Crippen LogP contribution < -0.4 is 5.32 Å². The number of benzene rings is 5. The van der Waals surface area contributed by atoms with Gasteiger partial charge in [0.2, 0.25) is 5.91 Å². The predicted octanol–water partition coefficient (Wildman–Crippen LogP) is 7.84. The molecule has 8 heteroatoms. The molecule has 10 rings (SSSR count). The van der Waals surface area contributed by atoms with Crippen molar-refractivity contribution in [3.05, 3.63) is 190 Å². The van der Waals surface area contributed by atoms with Crippen LogP contribution in [0.25, 0.3) is 6.08 Å². The Bertz CT molecular complexity index is 2380. The summed E-state index contributed by atoms with van der Waals surface area (Å²) in [6.07, 6.45) is 2.25. The number of carbonyl (C=O) groups excluding carboxylic acids is 2. The zero-order chi connectivity index (χ0) is 36.4.